The summed E-state index contributed by atoms with van der Waals surface area (Å²) < 4.78 is 34.4. The molecule has 3 atom stereocenters. The lowest BCUT2D eigenvalue weighted by Crippen LogP contribution is -2.28. The third-order valence-electron chi connectivity index (χ3n) is 11.3. The van der Waals surface area contributed by atoms with Gasteiger partial charge in [-0.3, -0.25) is 9.59 Å². The Morgan fingerprint density at radius 1 is 0.516 bits per heavy atom. The maximum atomic E-state index is 13.1. The highest BCUT2D eigenvalue weighted by atomic mass is 16.7. The zero-order valence-electron chi connectivity index (χ0n) is 42.6. The van der Waals surface area contributed by atoms with Crippen molar-refractivity contribution in [2.24, 2.45) is 17.8 Å². The summed E-state index contributed by atoms with van der Waals surface area (Å²) in [5.41, 5.74) is 2.67. The minimum absolute atomic E-state index is 0.0337. The van der Waals surface area contributed by atoms with Crippen LogP contribution >= 0.6 is 0 Å². The lowest BCUT2D eigenvalue weighted by Gasteiger charge is -2.21. The highest BCUT2D eigenvalue weighted by Crippen LogP contribution is 2.17. The van der Waals surface area contributed by atoms with Crippen molar-refractivity contribution in [1.82, 2.24) is 4.90 Å². The zero-order valence-corrected chi connectivity index (χ0v) is 42.6. The van der Waals surface area contributed by atoms with E-state index in [1.165, 1.54) is 36.8 Å². The molecule has 10 heteroatoms. The highest BCUT2D eigenvalue weighted by molar-refractivity contribution is 5.69. The number of unbranched alkanes of at least 4 members (excludes halogenated alkanes) is 8. The van der Waals surface area contributed by atoms with Gasteiger partial charge < -0.3 is 33.3 Å². The predicted molar refractivity (Wildman–Crippen MR) is 264 cm³/mol. The molecule has 0 aliphatic rings. The SMILES string of the molecule is CCCCC/C=C\C/C=C\CCCCCCCC(=O)OCC(COC(=O)CCC(OCCC(C)CCC=C(C)C)OCCC(C)CCC=C(C)C)COC(=O)OCCCN(CC)CC. The standard InChI is InChI=1S/C54H97NO9/c1-10-13-14-15-16-17-18-19-20-21-22-23-24-25-26-34-51(56)62-43-50(45-64-54(58)61-40-29-39-55(11-2)12-3)44-63-52(57)35-36-53(59-41-37-48(8)32-27-30-46(4)5)60-42-38-49(9)33-28-31-47(6)7/h16-17,19-20,30-31,48-50,53H,10-15,18,21-29,32-45H2,1-9H3/b17-16-,20-19-. The molecule has 0 saturated heterocycles. The number of carbonyl (C=O) groups excluding carboxylic acids is 3. The van der Waals surface area contributed by atoms with Gasteiger partial charge in [-0.2, -0.15) is 0 Å². The second-order valence-corrected chi connectivity index (χ2v) is 18.2. The summed E-state index contributed by atoms with van der Waals surface area (Å²) in [7, 11) is 0. The molecule has 3 unspecified atom stereocenters. The first-order valence-electron chi connectivity index (χ1n) is 25.5. The van der Waals surface area contributed by atoms with Gasteiger partial charge in [0, 0.05) is 32.6 Å². The summed E-state index contributed by atoms with van der Waals surface area (Å²) in [6.45, 7) is 23.2. The van der Waals surface area contributed by atoms with Gasteiger partial charge in [-0.05, 0) is 136 Å². The Hall–Kier alpha value is -2.95. The van der Waals surface area contributed by atoms with Gasteiger partial charge in [0.2, 0.25) is 0 Å². The smallest absolute Gasteiger partial charge is 0.465 e. The van der Waals surface area contributed by atoms with E-state index < -0.39 is 24.3 Å². The second kappa shape index (κ2) is 43.9. The molecule has 0 heterocycles. The van der Waals surface area contributed by atoms with Gasteiger partial charge in [-0.15, -0.1) is 0 Å². The molecule has 0 aliphatic carbocycles. The van der Waals surface area contributed by atoms with Crippen molar-refractivity contribution in [3.63, 3.8) is 0 Å². The van der Waals surface area contributed by atoms with E-state index in [2.05, 4.69) is 104 Å². The largest absolute Gasteiger partial charge is 0.508 e. The van der Waals surface area contributed by atoms with Crippen molar-refractivity contribution in [1.29, 1.82) is 0 Å². The lowest BCUT2D eigenvalue weighted by molar-refractivity contribution is -0.162. The first-order chi connectivity index (χ1) is 30.9. The van der Waals surface area contributed by atoms with Gasteiger partial charge in [0.15, 0.2) is 6.29 Å². The minimum atomic E-state index is -0.790. The monoisotopic (exact) mass is 904 g/mol. The van der Waals surface area contributed by atoms with Crippen molar-refractivity contribution < 1.29 is 42.8 Å². The van der Waals surface area contributed by atoms with Gasteiger partial charge in [-0.25, -0.2) is 4.79 Å². The van der Waals surface area contributed by atoms with E-state index >= 15 is 0 Å². The average molecular weight is 904 g/mol. The molecule has 0 aromatic rings. The first-order valence-corrected chi connectivity index (χ1v) is 25.5. The van der Waals surface area contributed by atoms with E-state index in [0.717, 1.165) is 103 Å². The molecular formula is C54H97NO9. The molecule has 0 amide bonds. The van der Waals surface area contributed by atoms with Crippen LogP contribution in [0.15, 0.2) is 47.6 Å². The quantitative estimate of drug-likeness (QED) is 0.0193. The molecule has 0 fully saturated rings. The molecular weight excluding hydrogens is 807 g/mol. The van der Waals surface area contributed by atoms with Crippen molar-refractivity contribution in [2.45, 2.75) is 203 Å². The molecule has 0 N–H and O–H groups in total. The number of rotatable bonds is 43. The minimum Gasteiger partial charge on any atom is -0.465 e. The number of hydrogen-bond acceptors (Lipinski definition) is 10. The fraction of sp³-hybridized carbons (Fsp3) is 0.796. The van der Waals surface area contributed by atoms with Crippen molar-refractivity contribution in [2.75, 3.05) is 59.3 Å². The molecule has 372 valence electrons. The summed E-state index contributed by atoms with van der Waals surface area (Å²) >= 11 is 0. The third kappa shape index (κ3) is 41.7. The Kier molecular flexibility index (Phi) is 41.9. The molecule has 0 saturated carbocycles. The topological polar surface area (TPSA) is 110 Å². The number of nitrogens with zero attached hydrogens (tertiary/aromatic N) is 1. The van der Waals surface area contributed by atoms with Crippen LogP contribution in [0.25, 0.3) is 0 Å². The number of ether oxygens (including phenoxy) is 6. The van der Waals surface area contributed by atoms with E-state index in [1.807, 2.05) is 0 Å². The zero-order chi connectivity index (χ0) is 47.5. The summed E-state index contributed by atoms with van der Waals surface area (Å²) in [6.07, 6.45) is 32.1. The maximum absolute atomic E-state index is 13.1. The number of hydrogen-bond donors (Lipinski definition) is 0. The average Bonchev–Trinajstić information content (AvgIpc) is 3.26. The van der Waals surface area contributed by atoms with Crippen LogP contribution in [0.5, 0.6) is 0 Å². The van der Waals surface area contributed by atoms with Gasteiger partial charge in [0.25, 0.3) is 0 Å². The molecule has 0 radical (unpaired) electrons. The Bertz CT molecular complexity index is 1210. The Labute approximate surface area is 392 Å². The van der Waals surface area contributed by atoms with E-state index in [-0.39, 0.29) is 38.8 Å². The van der Waals surface area contributed by atoms with Crippen molar-refractivity contribution in [3.05, 3.63) is 47.6 Å². The Morgan fingerprint density at radius 3 is 1.58 bits per heavy atom. The number of carbonyl (C=O) groups is 3. The highest BCUT2D eigenvalue weighted by Gasteiger charge is 2.20. The van der Waals surface area contributed by atoms with Crippen molar-refractivity contribution in [3.8, 4) is 0 Å². The summed E-state index contributed by atoms with van der Waals surface area (Å²) in [5.74, 6) is -0.243. The summed E-state index contributed by atoms with van der Waals surface area (Å²) in [4.78, 5) is 40.5. The molecule has 0 rings (SSSR count). The maximum Gasteiger partial charge on any atom is 0.508 e. The fourth-order valence-corrected chi connectivity index (χ4v) is 6.86. The Balaban J connectivity index is 5.07. The molecule has 0 aromatic carbocycles. The van der Waals surface area contributed by atoms with Crippen LogP contribution in [0.2, 0.25) is 0 Å². The third-order valence-corrected chi connectivity index (χ3v) is 11.3. The van der Waals surface area contributed by atoms with Crippen LogP contribution in [0.3, 0.4) is 0 Å². The summed E-state index contributed by atoms with van der Waals surface area (Å²) in [5, 5.41) is 0. The van der Waals surface area contributed by atoms with Gasteiger partial charge in [-0.1, -0.05) is 114 Å². The van der Waals surface area contributed by atoms with Crippen LogP contribution in [0.1, 0.15) is 197 Å². The summed E-state index contributed by atoms with van der Waals surface area (Å²) in [6, 6.07) is 0. The first kappa shape index (κ1) is 61.0. The molecule has 10 nitrogen and oxygen atoms in total. The number of allylic oxidation sites excluding steroid dienone is 8. The second-order valence-electron chi connectivity index (χ2n) is 18.2. The van der Waals surface area contributed by atoms with Gasteiger partial charge in [0.1, 0.15) is 19.8 Å². The van der Waals surface area contributed by atoms with E-state index in [4.69, 9.17) is 28.4 Å². The van der Waals surface area contributed by atoms with Gasteiger partial charge in [0.05, 0.1) is 18.9 Å². The van der Waals surface area contributed by atoms with E-state index in [0.29, 0.717) is 44.3 Å². The lowest BCUT2D eigenvalue weighted by atomic mass is 10.0. The molecule has 0 bridgehead atoms. The molecule has 0 aliphatic heterocycles. The predicted octanol–water partition coefficient (Wildman–Crippen LogP) is 14.1. The fourth-order valence-electron chi connectivity index (χ4n) is 6.86. The van der Waals surface area contributed by atoms with Crippen LogP contribution in [0.4, 0.5) is 4.79 Å². The van der Waals surface area contributed by atoms with Crippen molar-refractivity contribution >= 4 is 18.1 Å². The molecule has 64 heavy (non-hydrogen) atoms. The Morgan fingerprint density at radius 2 is 1.03 bits per heavy atom. The molecule has 0 aromatic heterocycles. The van der Waals surface area contributed by atoms with Gasteiger partial charge >= 0.3 is 18.1 Å². The molecule has 0 spiro atoms. The van der Waals surface area contributed by atoms with Crippen LogP contribution in [-0.4, -0.2) is 88.6 Å². The van der Waals surface area contributed by atoms with Crippen LogP contribution in [-0.2, 0) is 38.0 Å². The van der Waals surface area contributed by atoms with E-state index in [1.54, 1.807) is 0 Å². The van der Waals surface area contributed by atoms with Crippen LogP contribution < -0.4 is 0 Å². The normalized spacial score (nSPS) is 13.5. The van der Waals surface area contributed by atoms with E-state index in [9.17, 15) is 14.4 Å². The number of esters is 2. The van der Waals surface area contributed by atoms with Crippen LogP contribution in [0, 0.1) is 17.8 Å².